The van der Waals surface area contributed by atoms with Crippen molar-refractivity contribution in [2.45, 2.75) is 40.2 Å². The van der Waals surface area contributed by atoms with Crippen LogP contribution in [0, 0.1) is 13.8 Å². The van der Waals surface area contributed by atoms with E-state index in [4.69, 9.17) is 0 Å². The van der Waals surface area contributed by atoms with Crippen molar-refractivity contribution in [3.05, 3.63) is 53.3 Å². The van der Waals surface area contributed by atoms with Crippen molar-refractivity contribution in [3.8, 4) is 0 Å². The molecule has 2 N–H and O–H groups in total. The van der Waals surface area contributed by atoms with Gasteiger partial charge in [0, 0.05) is 24.1 Å². The summed E-state index contributed by atoms with van der Waals surface area (Å²) in [4.78, 5) is 16.5. The Morgan fingerprint density at radius 2 is 1.77 bits per heavy atom. The highest BCUT2D eigenvalue weighted by atomic mass is 16.1. The number of carbonyl (C=O) groups is 1. The minimum Gasteiger partial charge on any atom is -0.381 e. The SMILES string of the molecule is CCC(C)Nc1cncc(C(=O)Nc2cc(C)cc(C)c2)c1. The third-order valence-corrected chi connectivity index (χ3v) is 3.51. The number of amides is 1. The summed E-state index contributed by atoms with van der Waals surface area (Å²) in [5.41, 5.74) is 4.47. The summed E-state index contributed by atoms with van der Waals surface area (Å²) >= 11 is 0. The van der Waals surface area contributed by atoms with Gasteiger partial charge in [0.1, 0.15) is 0 Å². The summed E-state index contributed by atoms with van der Waals surface area (Å²) in [6.45, 7) is 8.24. The number of anilines is 2. The Morgan fingerprint density at radius 3 is 2.41 bits per heavy atom. The van der Waals surface area contributed by atoms with E-state index in [9.17, 15) is 4.79 Å². The minimum absolute atomic E-state index is 0.148. The molecule has 0 saturated heterocycles. The predicted octanol–water partition coefficient (Wildman–Crippen LogP) is 4.16. The fourth-order valence-corrected chi connectivity index (χ4v) is 2.28. The average molecular weight is 297 g/mol. The second kappa shape index (κ2) is 7.07. The molecule has 0 aliphatic rings. The molecule has 1 amide bonds. The highest BCUT2D eigenvalue weighted by Gasteiger charge is 2.09. The third-order valence-electron chi connectivity index (χ3n) is 3.51. The van der Waals surface area contributed by atoms with Gasteiger partial charge in [-0.25, -0.2) is 0 Å². The number of pyridine rings is 1. The number of hydrogen-bond donors (Lipinski definition) is 2. The molecular formula is C18H23N3O. The smallest absolute Gasteiger partial charge is 0.257 e. The lowest BCUT2D eigenvalue weighted by Crippen LogP contribution is -2.16. The van der Waals surface area contributed by atoms with Gasteiger partial charge in [0.05, 0.1) is 11.3 Å². The van der Waals surface area contributed by atoms with E-state index in [2.05, 4.69) is 35.5 Å². The number of rotatable bonds is 5. The van der Waals surface area contributed by atoms with Crippen LogP contribution in [-0.4, -0.2) is 16.9 Å². The van der Waals surface area contributed by atoms with Gasteiger partial charge >= 0.3 is 0 Å². The zero-order valence-corrected chi connectivity index (χ0v) is 13.6. The minimum atomic E-state index is -0.148. The summed E-state index contributed by atoms with van der Waals surface area (Å²) in [6.07, 6.45) is 4.33. The Bertz CT molecular complexity index is 647. The predicted molar refractivity (Wildman–Crippen MR) is 91.5 cm³/mol. The van der Waals surface area contributed by atoms with Crippen LogP contribution in [-0.2, 0) is 0 Å². The summed E-state index contributed by atoms with van der Waals surface area (Å²) in [6, 6.07) is 8.17. The van der Waals surface area contributed by atoms with Crippen LogP contribution in [0.4, 0.5) is 11.4 Å². The van der Waals surface area contributed by atoms with Gasteiger partial charge in [-0.2, -0.15) is 0 Å². The largest absolute Gasteiger partial charge is 0.381 e. The van der Waals surface area contributed by atoms with Crippen LogP contribution in [0.2, 0.25) is 0 Å². The fraction of sp³-hybridized carbons (Fsp3) is 0.333. The first kappa shape index (κ1) is 16.0. The van der Waals surface area contributed by atoms with Crippen molar-refractivity contribution in [2.75, 3.05) is 10.6 Å². The van der Waals surface area contributed by atoms with Crippen molar-refractivity contribution in [2.24, 2.45) is 0 Å². The quantitative estimate of drug-likeness (QED) is 0.871. The Labute approximate surface area is 132 Å². The van der Waals surface area contributed by atoms with Crippen LogP contribution in [0.5, 0.6) is 0 Å². The van der Waals surface area contributed by atoms with Gasteiger partial charge in [-0.15, -0.1) is 0 Å². The molecule has 0 aliphatic heterocycles. The maximum absolute atomic E-state index is 12.4. The molecule has 2 rings (SSSR count). The van der Waals surface area contributed by atoms with E-state index < -0.39 is 0 Å². The van der Waals surface area contributed by atoms with Crippen LogP contribution in [0.15, 0.2) is 36.7 Å². The highest BCUT2D eigenvalue weighted by molar-refractivity contribution is 6.04. The van der Waals surface area contributed by atoms with Crippen molar-refractivity contribution in [3.63, 3.8) is 0 Å². The molecule has 0 aliphatic carbocycles. The van der Waals surface area contributed by atoms with E-state index in [1.165, 1.54) is 0 Å². The van der Waals surface area contributed by atoms with E-state index in [0.29, 0.717) is 11.6 Å². The van der Waals surface area contributed by atoms with E-state index in [1.54, 1.807) is 12.4 Å². The molecule has 2 aromatic rings. The molecule has 116 valence electrons. The highest BCUT2D eigenvalue weighted by Crippen LogP contribution is 2.16. The van der Waals surface area contributed by atoms with Gasteiger partial charge in [0.15, 0.2) is 0 Å². The van der Waals surface area contributed by atoms with Crippen molar-refractivity contribution in [1.82, 2.24) is 4.98 Å². The van der Waals surface area contributed by atoms with Crippen LogP contribution in [0.3, 0.4) is 0 Å². The van der Waals surface area contributed by atoms with Gasteiger partial charge in [0.2, 0.25) is 0 Å². The number of carbonyl (C=O) groups excluding carboxylic acids is 1. The van der Waals surface area contributed by atoms with Crippen molar-refractivity contribution in [1.29, 1.82) is 0 Å². The lowest BCUT2D eigenvalue weighted by molar-refractivity contribution is 0.102. The first-order valence-corrected chi connectivity index (χ1v) is 7.59. The topological polar surface area (TPSA) is 54.0 Å². The normalized spacial score (nSPS) is 11.8. The molecule has 1 heterocycles. The van der Waals surface area contributed by atoms with Crippen LogP contribution in [0.25, 0.3) is 0 Å². The van der Waals surface area contributed by atoms with Gasteiger partial charge in [-0.3, -0.25) is 9.78 Å². The van der Waals surface area contributed by atoms with Gasteiger partial charge in [0.25, 0.3) is 5.91 Å². The Kier molecular flexibility index (Phi) is 5.15. The average Bonchev–Trinajstić information content (AvgIpc) is 2.46. The summed E-state index contributed by atoms with van der Waals surface area (Å²) in [5.74, 6) is -0.148. The summed E-state index contributed by atoms with van der Waals surface area (Å²) in [7, 11) is 0. The Hall–Kier alpha value is -2.36. The lowest BCUT2D eigenvalue weighted by Gasteiger charge is -2.13. The van der Waals surface area contributed by atoms with E-state index >= 15 is 0 Å². The summed E-state index contributed by atoms with van der Waals surface area (Å²) < 4.78 is 0. The number of aryl methyl sites for hydroxylation is 2. The second-order valence-electron chi connectivity index (χ2n) is 5.75. The molecular weight excluding hydrogens is 274 g/mol. The number of nitrogens with one attached hydrogen (secondary N) is 2. The molecule has 22 heavy (non-hydrogen) atoms. The molecule has 4 nitrogen and oxygen atoms in total. The van der Waals surface area contributed by atoms with Gasteiger partial charge < -0.3 is 10.6 Å². The number of benzene rings is 1. The molecule has 1 atom stereocenters. The van der Waals surface area contributed by atoms with Crippen molar-refractivity contribution < 1.29 is 4.79 Å². The lowest BCUT2D eigenvalue weighted by atomic mass is 10.1. The van der Waals surface area contributed by atoms with E-state index in [0.717, 1.165) is 28.9 Å². The molecule has 0 spiro atoms. The van der Waals surface area contributed by atoms with Gasteiger partial charge in [-0.1, -0.05) is 13.0 Å². The van der Waals surface area contributed by atoms with Crippen molar-refractivity contribution >= 4 is 17.3 Å². The standard InChI is InChI=1S/C18H23N3O/c1-5-14(4)20-17-9-15(10-19-11-17)18(22)21-16-7-12(2)6-13(3)8-16/h6-11,14,20H,5H2,1-4H3,(H,21,22). The first-order valence-electron chi connectivity index (χ1n) is 7.59. The Morgan fingerprint density at radius 1 is 1.09 bits per heavy atom. The number of hydrogen-bond acceptors (Lipinski definition) is 3. The summed E-state index contributed by atoms with van der Waals surface area (Å²) in [5, 5.41) is 6.25. The maximum Gasteiger partial charge on any atom is 0.257 e. The zero-order valence-electron chi connectivity index (χ0n) is 13.6. The molecule has 0 fully saturated rings. The first-order chi connectivity index (χ1) is 10.5. The molecule has 1 aromatic heterocycles. The molecule has 0 radical (unpaired) electrons. The van der Waals surface area contributed by atoms with Gasteiger partial charge in [-0.05, 0) is 56.5 Å². The number of aromatic nitrogens is 1. The second-order valence-corrected chi connectivity index (χ2v) is 5.75. The maximum atomic E-state index is 12.4. The van der Waals surface area contributed by atoms with Crippen LogP contribution >= 0.6 is 0 Å². The number of nitrogens with zero attached hydrogens (tertiary/aromatic N) is 1. The molecule has 0 bridgehead atoms. The molecule has 0 saturated carbocycles. The Balaban J connectivity index is 2.13. The van der Waals surface area contributed by atoms with Crippen LogP contribution < -0.4 is 10.6 Å². The fourth-order valence-electron chi connectivity index (χ4n) is 2.28. The molecule has 1 aromatic carbocycles. The van der Waals surface area contributed by atoms with Crippen LogP contribution in [0.1, 0.15) is 41.8 Å². The monoisotopic (exact) mass is 297 g/mol. The molecule has 1 unspecified atom stereocenters. The van der Waals surface area contributed by atoms with E-state index in [1.807, 2.05) is 32.0 Å². The zero-order chi connectivity index (χ0) is 16.1. The van der Waals surface area contributed by atoms with E-state index in [-0.39, 0.29) is 5.91 Å². The molecule has 4 heteroatoms. The third kappa shape index (κ3) is 4.32.